The molecule has 6 heteroatoms. The lowest BCUT2D eigenvalue weighted by Gasteiger charge is -2.55. The second kappa shape index (κ2) is 7.62. The average Bonchev–Trinajstić information content (AvgIpc) is 3.06. The molecule has 1 saturated carbocycles. The molecule has 25 heavy (non-hydrogen) atoms. The number of rotatable bonds is 8. The average molecular weight is 343 g/mol. The maximum Gasteiger partial charge on any atom is 0.170 e. The van der Waals surface area contributed by atoms with E-state index in [1.165, 1.54) is 6.42 Å². The molecule has 0 aliphatic heterocycles. The van der Waals surface area contributed by atoms with Crippen LogP contribution in [0.4, 0.5) is 0 Å². The number of aromatic nitrogens is 4. The van der Waals surface area contributed by atoms with Crippen molar-refractivity contribution < 1.29 is 4.74 Å². The summed E-state index contributed by atoms with van der Waals surface area (Å²) in [7, 11) is 2.15. The van der Waals surface area contributed by atoms with Crippen molar-refractivity contribution in [3.8, 4) is 5.69 Å². The SMILES string of the molecule is CCCCO[C@H]1C[C@H](N(C)Cc2nnnn2-c2ccccc2)C1(C)C. The van der Waals surface area contributed by atoms with Crippen LogP contribution in [0.25, 0.3) is 5.69 Å². The molecule has 0 radical (unpaired) electrons. The second-order valence-corrected chi connectivity index (χ2v) is 7.54. The largest absolute Gasteiger partial charge is 0.378 e. The predicted molar refractivity (Wildman–Crippen MR) is 97.5 cm³/mol. The van der Waals surface area contributed by atoms with Crippen LogP contribution in [0, 0.1) is 5.41 Å². The van der Waals surface area contributed by atoms with E-state index in [-0.39, 0.29) is 5.41 Å². The first kappa shape index (κ1) is 18.0. The monoisotopic (exact) mass is 343 g/mol. The van der Waals surface area contributed by atoms with Gasteiger partial charge in [-0.2, -0.15) is 4.68 Å². The van der Waals surface area contributed by atoms with Crippen LogP contribution in [-0.2, 0) is 11.3 Å². The summed E-state index contributed by atoms with van der Waals surface area (Å²) in [6, 6.07) is 10.5. The van der Waals surface area contributed by atoms with Crippen LogP contribution in [0.1, 0.15) is 45.9 Å². The molecule has 0 bridgehead atoms. The Hall–Kier alpha value is -1.79. The minimum Gasteiger partial charge on any atom is -0.378 e. The van der Waals surface area contributed by atoms with E-state index >= 15 is 0 Å². The van der Waals surface area contributed by atoms with Gasteiger partial charge in [0.15, 0.2) is 5.82 Å². The molecule has 136 valence electrons. The second-order valence-electron chi connectivity index (χ2n) is 7.54. The van der Waals surface area contributed by atoms with Gasteiger partial charge in [-0.1, -0.05) is 45.4 Å². The molecule has 1 heterocycles. The van der Waals surface area contributed by atoms with E-state index < -0.39 is 0 Å². The van der Waals surface area contributed by atoms with Crippen LogP contribution >= 0.6 is 0 Å². The Morgan fingerprint density at radius 1 is 1.28 bits per heavy atom. The summed E-state index contributed by atoms with van der Waals surface area (Å²) < 4.78 is 7.89. The van der Waals surface area contributed by atoms with Crippen LogP contribution in [0.3, 0.4) is 0 Å². The van der Waals surface area contributed by atoms with Gasteiger partial charge in [-0.05, 0) is 42.4 Å². The van der Waals surface area contributed by atoms with E-state index in [4.69, 9.17) is 4.74 Å². The Morgan fingerprint density at radius 3 is 2.72 bits per heavy atom. The maximum absolute atomic E-state index is 6.07. The molecule has 0 amide bonds. The number of hydrogen-bond acceptors (Lipinski definition) is 5. The Balaban J connectivity index is 1.63. The van der Waals surface area contributed by atoms with E-state index in [1.807, 2.05) is 35.0 Å². The summed E-state index contributed by atoms with van der Waals surface area (Å²) in [6.07, 6.45) is 3.73. The Bertz CT molecular complexity index is 669. The molecule has 1 aromatic carbocycles. The van der Waals surface area contributed by atoms with Crippen molar-refractivity contribution in [3.05, 3.63) is 36.2 Å². The normalized spacial score (nSPS) is 22.1. The highest BCUT2D eigenvalue weighted by atomic mass is 16.5. The Kier molecular flexibility index (Phi) is 5.49. The Labute approximate surface area is 150 Å². The van der Waals surface area contributed by atoms with Gasteiger partial charge in [0.25, 0.3) is 0 Å². The highest BCUT2D eigenvalue weighted by Gasteiger charge is 2.50. The number of unbranched alkanes of at least 4 members (excludes halogenated alkanes) is 1. The van der Waals surface area contributed by atoms with E-state index in [1.54, 1.807) is 0 Å². The van der Waals surface area contributed by atoms with E-state index in [9.17, 15) is 0 Å². The third-order valence-electron chi connectivity index (χ3n) is 5.40. The minimum absolute atomic E-state index is 0.146. The number of nitrogens with zero attached hydrogens (tertiary/aromatic N) is 5. The molecule has 2 atom stereocenters. The zero-order valence-corrected chi connectivity index (χ0v) is 15.7. The van der Waals surface area contributed by atoms with E-state index in [0.29, 0.717) is 12.1 Å². The predicted octanol–water partition coefficient (Wildman–Crippen LogP) is 3.08. The first-order valence-corrected chi connectivity index (χ1v) is 9.18. The molecule has 1 fully saturated rings. The van der Waals surface area contributed by atoms with Gasteiger partial charge in [0.2, 0.25) is 0 Å². The minimum atomic E-state index is 0.146. The van der Waals surface area contributed by atoms with Crippen molar-refractivity contribution in [1.82, 2.24) is 25.1 Å². The topological polar surface area (TPSA) is 56.1 Å². The number of benzene rings is 1. The van der Waals surface area contributed by atoms with Gasteiger partial charge in [0.1, 0.15) is 0 Å². The number of tetrazole rings is 1. The van der Waals surface area contributed by atoms with Gasteiger partial charge in [0, 0.05) is 18.1 Å². The van der Waals surface area contributed by atoms with Gasteiger partial charge in [-0.25, -0.2) is 0 Å². The molecule has 1 aliphatic carbocycles. The number of para-hydroxylation sites is 1. The molecule has 6 nitrogen and oxygen atoms in total. The summed E-state index contributed by atoms with van der Waals surface area (Å²) in [4.78, 5) is 2.35. The van der Waals surface area contributed by atoms with Gasteiger partial charge < -0.3 is 4.74 Å². The smallest absolute Gasteiger partial charge is 0.170 e. The van der Waals surface area contributed by atoms with Crippen molar-refractivity contribution in [3.63, 3.8) is 0 Å². The van der Waals surface area contributed by atoms with E-state index in [2.05, 4.69) is 48.2 Å². The Morgan fingerprint density at radius 2 is 2.04 bits per heavy atom. The molecular weight excluding hydrogens is 314 g/mol. The third-order valence-corrected chi connectivity index (χ3v) is 5.40. The lowest BCUT2D eigenvalue weighted by Crippen LogP contribution is -2.61. The fourth-order valence-electron chi connectivity index (χ4n) is 3.67. The molecule has 1 aromatic heterocycles. The summed E-state index contributed by atoms with van der Waals surface area (Å²) in [5, 5.41) is 12.2. The maximum atomic E-state index is 6.07. The van der Waals surface area contributed by atoms with Crippen LogP contribution in [-0.4, -0.2) is 50.9 Å². The third kappa shape index (κ3) is 3.75. The summed E-state index contributed by atoms with van der Waals surface area (Å²) >= 11 is 0. The molecular formula is C19H29N5O. The molecule has 2 aromatic rings. The summed E-state index contributed by atoms with van der Waals surface area (Å²) in [6.45, 7) is 8.39. The fourth-order valence-corrected chi connectivity index (χ4v) is 3.67. The zero-order valence-electron chi connectivity index (χ0n) is 15.7. The fraction of sp³-hybridized carbons (Fsp3) is 0.632. The molecule has 3 rings (SSSR count). The van der Waals surface area contributed by atoms with Crippen LogP contribution in [0.15, 0.2) is 30.3 Å². The van der Waals surface area contributed by atoms with Gasteiger partial charge in [-0.3, -0.25) is 4.90 Å². The van der Waals surface area contributed by atoms with Crippen LogP contribution in [0.5, 0.6) is 0 Å². The highest BCUT2D eigenvalue weighted by Crippen LogP contribution is 2.45. The van der Waals surface area contributed by atoms with Crippen molar-refractivity contribution in [1.29, 1.82) is 0 Å². The number of hydrogen-bond donors (Lipinski definition) is 0. The van der Waals surface area contributed by atoms with Crippen molar-refractivity contribution >= 4 is 0 Å². The van der Waals surface area contributed by atoms with E-state index in [0.717, 1.165) is 37.5 Å². The highest BCUT2D eigenvalue weighted by molar-refractivity contribution is 5.30. The van der Waals surface area contributed by atoms with Gasteiger partial charge in [-0.15, -0.1) is 5.10 Å². The first-order chi connectivity index (χ1) is 12.0. The van der Waals surface area contributed by atoms with Crippen LogP contribution in [0.2, 0.25) is 0 Å². The zero-order chi connectivity index (χ0) is 17.9. The molecule has 1 aliphatic rings. The molecule has 0 saturated heterocycles. The van der Waals surface area contributed by atoms with Crippen molar-refractivity contribution in [2.45, 2.75) is 58.7 Å². The number of ether oxygens (including phenoxy) is 1. The quantitative estimate of drug-likeness (QED) is 0.690. The van der Waals surface area contributed by atoms with Gasteiger partial charge >= 0.3 is 0 Å². The lowest BCUT2D eigenvalue weighted by atomic mass is 9.64. The molecule has 0 spiro atoms. The lowest BCUT2D eigenvalue weighted by molar-refractivity contribution is -0.150. The van der Waals surface area contributed by atoms with Crippen LogP contribution < -0.4 is 0 Å². The summed E-state index contributed by atoms with van der Waals surface area (Å²) in [5.41, 5.74) is 1.14. The van der Waals surface area contributed by atoms with Crippen molar-refractivity contribution in [2.75, 3.05) is 13.7 Å². The van der Waals surface area contributed by atoms with Crippen molar-refractivity contribution in [2.24, 2.45) is 5.41 Å². The molecule has 0 unspecified atom stereocenters. The molecule has 0 N–H and O–H groups in total. The van der Waals surface area contributed by atoms with Gasteiger partial charge in [0.05, 0.1) is 18.3 Å². The first-order valence-electron chi connectivity index (χ1n) is 9.18. The standard InChI is InChI=1S/C19H29N5O/c1-5-6-12-25-17-13-16(19(17,2)3)23(4)14-18-20-21-22-24(18)15-10-8-7-9-11-15/h7-11,16-17H,5-6,12-14H2,1-4H3/t16-,17-/m0/s1. The summed E-state index contributed by atoms with van der Waals surface area (Å²) in [5.74, 6) is 0.861.